The molecule has 1 amide bonds. The lowest BCUT2D eigenvalue weighted by Gasteiger charge is -2.19. The molecule has 0 fully saturated rings. The minimum Gasteiger partial charge on any atom is -0.508 e. The van der Waals surface area contributed by atoms with Crippen molar-refractivity contribution in [2.75, 3.05) is 13.2 Å². The van der Waals surface area contributed by atoms with Crippen LogP contribution in [-0.4, -0.2) is 41.4 Å². The molecule has 1 aromatic carbocycles. The Morgan fingerprint density at radius 1 is 1.43 bits per heavy atom. The topological polar surface area (TPSA) is 122 Å². The number of hydrogen-bond donors (Lipinski definition) is 5. The van der Waals surface area contributed by atoms with E-state index in [1.807, 2.05) is 6.92 Å². The van der Waals surface area contributed by atoms with E-state index < -0.39 is 6.04 Å². The second-order valence-corrected chi connectivity index (χ2v) is 5.24. The van der Waals surface area contributed by atoms with Gasteiger partial charge in [0.05, 0.1) is 18.7 Å². The Hall–Kier alpha value is -1.63. The van der Waals surface area contributed by atoms with Crippen molar-refractivity contribution in [3.63, 3.8) is 0 Å². The standard InChI is InChI=1S/C15H25N3O3/c1-10-7-13(20)5-4-11(10)8-14(17)15(21)18-12(9-19)3-2-6-16/h4-5,7,12,14,19-20H,2-3,6,8-9,16-17H2,1H3,(H,18,21)/t12-,14-/m0/s1. The molecule has 0 aliphatic carbocycles. The molecular weight excluding hydrogens is 270 g/mol. The zero-order valence-electron chi connectivity index (χ0n) is 12.4. The summed E-state index contributed by atoms with van der Waals surface area (Å²) in [7, 11) is 0. The average Bonchev–Trinajstić information content (AvgIpc) is 2.45. The number of aryl methyl sites for hydroxylation is 1. The first kappa shape index (κ1) is 17.4. The molecule has 0 aliphatic heterocycles. The van der Waals surface area contributed by atoms with Crippen LogP contribution in [0.15, 0.2) is 18.2 Å². The highest BCUT2D eigenvalue weighted by Crippen LogP contribution is 2.16. The second-order valence-electron chi connectivity index (χ2n) is 5.24. The third-order valence-electron chi connectivity index (χ3n) is 3.43. The number of aliphatic hydroxyl groups excluding tert-OH is 1. The Morgan fingerprint density at radius 3 is 2.71 bits per heavy atom. The monoisotopic (exact) mass is 295 g/mol. The molecule has 0 saturated heterocycles. The van der Waals surface area contributed by atoms with Gasteiger partial charge in [-0.3, -0.25) is 4.79 Å². The summed E-state index contributed by atoms with van der Waals surface area (Å²) in [5, 5.41) is 21.3. The fourth-order valence-electron chi connectivity index (χ4n) is 2.12. The fraction of sp³-hybridized carbons (Fsp3) is 0.533. The van der Waals surface area contributed by atoms with Gasteiger partial charge in [-0.25, -0.2) is 0 Å². The van der Waals surface area contributed by atoms with Crippen LogP contribution in [0.2, 0.25) is 0 Å². The first-order valence-electron chi connectivity index (χ1n) is 7.13. The summed E-state index contributed by atoms with van der Waals surface area (Å²) >= 11 is 0. The van der Waals surface area contributed by atoms with Crippen LogP contribution in [0.5, 0.6) is 5.75 Å². The van der Waals surface area contributed by atoms with Gasteiger partial charge in [-0.05, 0) is 56.0 Å². The van der Waals surface area contributed by atoms with Gasteiger partial charge in [-0.15, -0.1) is 0 Å². The van der Waals surface area contributed by atoms with E-state index in [1.54, 1.807) is 18.2 Å². The molecule has 0 aromatic heterocycles. The molecule has 0 bridgehead atoms. The molecule has 1 rings (SSSR count). The molecule has 0 aliphatic rings. The average molecular weight is 295 g/mol. The maximum Gasteiger partial charge on any atom is 0.237 e. The van der Waals surface area contributed by atoms with Gasteiger partial charge < -0.3 is 27.0 Å². The lowest BCUT2D eigenvalue weighted by Crippen LogP contribution is -2.47. The zero-order chi connectivity index (χ0) is 15.8. The molecular formula is C15H25N3O3. The number of carbonyl (C=O) groups excluding carboxylic acids is 1. The Balaban J connectivity index is 2.57. The fourth-order valence-corrected chi connectivity index (χ4v) is 2.12. The van der Waals surface area contributed by atoms with E-state index >= 15 is 0 Å². The van der Waals surface area contributed by atoms with Gasteiger partial charge in [0.1, 0.15) is 5.75 Å². The largest absolute Gasteiger partial charge is 0.508 e. The second kappa shape index (κ2) is 8.61. The van der Waals surface area contributed by atoms with Crippen molar-refractivity contribution >= 4 is 5.91 Å². The molecule has 0 heterocycles. The summed E-state index contributed by atoms with van der Waals surface area (Å²) in [4.78, 5) is 12.0. The summed E-state index contributed by atoms with van der Waals surface area (Å²) in [5.41, 5.74) is 13.1. The van der Waals surface area contributed by atoms with Crippen molar-refractivity contribution < 1.29 is 15.0 Å². The number of aliphatic hydroxyl groups is 1. The first-order chi connectivity index (χ1) is 9.97. The van der Waals surface area contributed by atoms with Gasteiger partial charge in [0, 0.05) is 0 Å². The molecule has 6 nitrogen and oxygen atoms in total. The van der Waals surface area contributed by atoms with Gasteiger partial charge in [0.2, 0.25) is 5.91 Å². The number of rotatable bonds is 8. The van der Waals surface area contributed by atoms with Crippen molar-refractivity contribution in [2.45, 2.75) is 38.3 Å². The molecule has 0 radical (unpaired) electrons. The minimum absolute atomic E-state index is 0.128. The van der Waals surface area contributed by atoms with E-state index in [1.165, 1.54) is 0 Å². The minimum atomic E-state index is -0.694. The van der Waals surface area contributed by atoms with Gasteiger partial charge >= 0.3 is 0 Å². The Bertz CT molecular complexity index is 465. The lowest BCUT2D eigenvalue weighted by molar-refractivity contribution is -0.123. The maximum atomic E-state index is 12.0. The molecule has 0 spiro atoms. The molecule has 6 heteroatoms. The van der Waals surface area contributed by atoms with Crippen LogP contribution in [0, 0.1) is 6.92 Å². The Morgan fingerprint density at radius 2 is 2.14 bits per heavy atom. The number of carbonyl (C=O) groups is 1. The van der Waals surface area contributed by atoms with Crippen molar-refractivity contribution in [1.82, 2.24) is 5.32 Å². The normalized spacial score (nSPS) is 13.7. The van der Waals surface area contributed by atoms with Crippen LogP contribution >= 0.6 is 0 Å². The summed E-state index contributed by atoms with van der Waals surface area (Å²) in [6.45, 7) is 2.25. The van der Waals surface area contributed by atoms with E-state index in [4.69, 9.17) is 11.5 Å². The predicted molar refractivity (Wildman–Crippen MR) is 81.8 cm³/mol. The van der Waals surface area contributed by atoms with Crippen LogP contribution in [-0.2, 0) is 11.2 Å². The van der Waals surface area contributed by atoms with Crippen LogP contribution in [0.4, 0.5) is 0 Å². The number of benzene rings is 1. The van der Waals surface area contributed by atoms with Crippen LogP contribution < -0.4 is 16.8 Å². The van der Waals surface area contributed by atoms with E-state index in [9.17, 15) is 15.0 Å². The summed E-state index contributed by atoms with van der Waals surface area (Å²) in [6.07, 6.45) is 1.74. The SMILES string of the molecule is Cc1cc(O)ccc1C[C@H](N)C(=O)N[C@H](CO)CCCN. The third kappa shape index (κ3) is 5.71. The van der Waals surface area contributed by atoms with E-state index in [0.717, 1.165) is 17.5 Å². The van der Waals surface area contributed by atoms with Gasteiger partial charge in [-0.2, -0.15) is 0 Å². The van der Waals surface area contributed by atoms with E-state index in [0.29, 0.717) is 19.4 Å². The molecule has 2 atom stereocenters. The Kier molecular flexibility index (Phi) is 7.14. The molecule has 0 unspecified atom stereocenters. The summed E-state index contributed by atoms with van der Waals surface area (Å²) < 4.78 is 0. The highest BCUT2D eigenvalue weighted by Gasteiger charge is 2.18. The Labute approximate surface area is 125 Å². The quantitative estimate of drug-likeness (QED) is 0.454. The van der Waals surface area contributed by atoms with Crippen LogP contribution in [0.3, 0.4) is 0 Å². The summed E-state index contributed by atoms with van der Waals surface area (Å²) in [6, 6.07) is 3.96. The molecule has 7 N–H and O–H groups in total. The number of phenolic OH excluding ortho intramolecular Hbond substituents is 1. The maximum absolute atomic E-state index is 12.0. The first-order valence-corrected chi connectivity index (χ1v) is 7.13. The molecule has 21 heavy (non-hydrogen) atoms. The van der Waals surface area contributed by atoms with Crippen LogP contribution in [0.25, 0.3) is 0 Å². The third-order valence-corrected chi connectivity index (χ3v) is 3.43. The number of phenols is 1. The highest BCUT2D eigenvalue weighted by atomic mass is 16.3. The number of nitrogens with two attached hydrogens (primary N) is 2. The number of hydrogen-bond acceptors (Lipinski definition) is 5. The van der Waals surface area contributed by atoms with Gasteiger partial charge in [0.15, 0.2) is 0 Å². The van der Waals surface area contributed by atoms with E-state index in [-0.39, 0.29) is 24.3 Å². The number of amides is 1. The van der Waals surface area contributed by atoms with Crippen LogP contribution in [0.1, 0.15) is 24.0 Å². The van der Waals surface area contributed by atoms with Crippen molar-refractivity contribution in [3.05, 3.63) is 29.3 Å². The summed E-state index contributed by atoms with van der Waals surface area (Å²) in [5.74, 6) is -0.102. The highest BCUT2D eigenvalue weighted by molar-refractivity contribution is 5.82. The molecule has 1 aromatic rings. The van der Waals surface area contributed by atoms with Crippen molar-refractivity contribution in [1.29, 1.82) is 0 Å². The smallest absolute Gasteiger partial charge is 0.237 e. The number of nitrogens with one attached hydrogen (secondary N) is 1. The van der Waals surface area contributed by atoms with Crippen molar-refractivity contribution in [3.8, 4) is 5.75 Å². The lowest BCUT2D eigenvalue weighted by atomic mass is 10.0. The van der Waals surface area contributed by atoms with Gasteiger partial charge in [0.25, 0.3) is 0 Å². The zero-order valence-corrected chi connectivity index (χ0v) is 12.4. The molecule has 118 valence electrons. The number of aromatic hydroxyl groups is 1. The van der Waals surface area contributed by atoms with Crippen molar-refractivity contribution in [2.24, 2.45) is 11.5 Å². The van der Waals surface area contributed by atoms with Gasteiger partial charge in [-0.1, -0.05) is 6.07 Å². The van der Waals surface area contributed by atoms with E-state index in [2.05, 4.69) is 5.32 Å². The predicted octanol–water partition coefficient (Wildman–Crippen LogP) is -0.214. The molecule has 0 saturated carbocycles.